The Balaban J connectivity index is 2.69. The maximum atomic E-state index is 12.8. The monoisotopic (exact) mass is 225 g/mol. The molecule has 1 unspecified atom stereocenters. The van der Waals surface area contributed by atoms with Gasteiger partial charge in [0.2, 0.25) is 0 Å². The summed E-state index contributed by atoms with van der Waals surface area (Å²) in [5.41, 5.74) is 0. The van der Waals surface area contributed by atoms with Crippen molar-refractivity contribution in [2.24, 2.45) is 5.92 Å². The summed E-state index contributed by atoms with van der Waals surface area (Å²) in [5, 5.41) is 0. The first-order valence-electron chi connectivity index (χ1n) is 4.97. The number of nitrogens with zero attached hydrogens (tertiary/aromatic N) is 1. The van der Waals surface area contributed by atoms with Crippen molar-refractivity contribution in [2.45, 2.75) is 32.0 Å². The third-order valence-electron chi connectivity index (χ3n) is 2.79. The van der Waals surface area contributed by atoms with E-state index in [2.05, 4.69) is 6.58 Å². The Bertz CT molecular complexity index is 228. The van der Waals surface area contributed by atoms with Crippen molar-refractivity contribution < 1.29 is 17.6 Å². The largest absolute Gasteiger partial charge is 0.410 e. The molecule has 0 N–H and O–H groups in total. The van der Waals surface area contributed by atoms with Crippen molar-refractivity contribution in [2.75, 3.05) is 13.1 Å². The smallest absolute Gasteiger partial charge is 0.287 e. The Kier molecular flexibility index (Phi) is 3.76. The van der Waals surface area contributed by atoms with Crippen LogP contribution in [0.15, 0.2) is 12.4 Å². The molecular weight excluding hydrogens is 210 g/mol. The van der Waals surface area contributed by atoms with E-state index in [-0.39, 0.29) is 13.1 Å². The zero-order valence-electron chi connectivity index (χ0n) is 8.65. The van der Waals surface area contributed by atoms with E-state index in [1.807, 2.05) is 6.92 Å². The van der Waals surface area contributed by atoms with Crippen LogP contribution in [0.25, 0.3) is 0 Å². The van der Waals surface area contributed by atoms with Gasteiger partial charge in [0.05, 0.1) is 0 Å². The standard InChI is InChI=1S/C10H15F4N/c1-7-3-5-15(6-4-7)9(8(2)11)10(12,13)14/h7,9H,2-6H2,1H3. The molecule has 1 nitrogen and oxygen atoms in total. The molecular formula is C10H15F4N. The molecule has 1 saturated heterocycles. The minimum Gasteiger partial charge on any atom is -0.287 e. The second-order valence-electron chi connectivity index (χ2n) is 4.11. The summed E-state index contributed by atoms with van der Waals surface area (Å²) in [6.07, 6.45) is -3.20. The van der Waals surface area contributed by atoms with Crippen LogP contribution in [0.3, 0.4) is 0 Å². The van der Waals surface area contributed by atoms with Gasteiger partial charge in [-0.05, 0) is 31.8 Å². The first-order chi connectivity index (χ1) is 6.82. The molecule has 0 bridgehead atoms. The molecule has 1 fully saturated rings. The van der Waals surface area contributed by atoms with E-state index in [1.165, 1.54) is 0 Å². The van der Waals surface area contributed by atoms with Gasteiger partial charge in [-0.3, -0.25) is 4.90 Å². The van der Waals surface area contributed by atoms with Crippen LogP contribution in [0, 0.1) is 5.92 Å². The molecule has 1 aliphatic heterocycles. The summed E-state index contributed by atoms with van der Waals surface area (Å²) in [6.45, 7) is 5.35. The number of alkyl halides is 3. The van der Waals surface area contributed by atoms with Gasteiger partial charge in [0.1, 0.15) is 5.83 Å². The molecule has 1 atom stereocenters. The molecule has 0 aromatic heterocycles. The van der Waals surface area contributed by atoms with Gasteiger partial charge in [0, 0.05) is 0 Å². The summed E-state index contributed by atoms with van der Waals surface area (Å²) in [4.78, 5) is 1.13. The Labute approximate surface area is 86.8 Å². The average Bonchev–Trinajstić information content (AvgIpc) is 2.05. The maximum Gasteiger partial charge on any atom is 0.410 e. The van der Waals surface area contributed by atoms with Crippen LogP contribution in [-0.4, -0.2) is 30.2 Å². The van der Waals surface area contributed by atoms with Gasteiger partial charge in [0.15, 0.2) is 6.04 Å². The van der Waals surface area contributed by atoms with E-state index in [4.69, 9.17) is 0 Å². The van der Waals surface area contributed by atoms with Crippen LogP contribution in [0.4, 0.5) is 17.6 Å². The average molecular weight is 225 g/mol. The van der Waals surface area contributed by atoms with Crippen LogP contribution in [-0.2, 0) is 0 Å². The zero-order valence-corrected chi connectivity index (χ0v) is 8.65. The van der Waals surface area contributed by atoms with E-state index in [9.17, 15) is 17.6 Å². The van der Waals surface area contributed by atoms with Gasteiger partial charge in [-0.25, -0.2) is 4.39 Å². The highest BCUT2D eigenvalue weighted by Crippen LogP contribution is 2.32. The van der Waals surface area contributed by atoms with Gasteiger partial charge in [-0.1, -0.05) is 13.5 Å². The Hall–Kier alpha value is -0.580. The molecule has 0 amide bonds. The van der Waals surface area contributed by atoms with Gasteiger partial charge < -0.3 is 0 Å². The van der Waals surface area contributed by atoms with Crippen molar-refractivity contribution in [3.05, 3.63) is 12.4 Å². The number of hydrogen-bond acceptors (Lipinski definition) is 1. The Morgan fingerprint density at radius 2 is 1.80 bits per heavy atom. The number of rotatable bonds is 2. The van der Waals surface area contributed by atoms with E-state index >= 15 is 0 Å². The molecule has 0 aromatic carbocycles. The fourth-order valence-electron chi connectivity index (χ4n) is 1.87. The van der Waals surface area contributed by atoms with E-state index in [1.54, 1.807) is 0 Å². The van der Waals surface area contributed by atoms with Crippen molar-refractivity contribution in [1.29, 1.82) is 0 Å². The second-order valence-corrected chi connectivity index (χ2v) is 4.11. The summed E-state index contributed by atoms with van der Waals surface area (Å²) in [7, 11) is 0. The van der Waals surface area contributed by atoms with Gasteiger partial charge in [-0.2, -0.15) is 13.2 Å². The molecule has 0 aromatic rings. The molecule has 15 heavy (non-hydrogen) atoms. The molecule has 0 aliphatic carbocycles. The van der Waals surface area contributed by atoms with E-state index in [0.717, 1.165) is 4.90 Å². The predicted molar refractivity (Wildman–Crippen MR) is 50.1 cm³/mol. The third-order valence-corrected chi connectivity index (χ3v) is 2.79. The SMILES string of the molecule is C=C(F)C(N1CCC(C)CC1)C(F)(F)F. The quantitative estimate of drug-likeness (QED) is 0.652. The van der Waals surface area contributed by atoms with Crippen LogP contribution in [0.2, 0.25) is 0 Å². The summed E-state index contributed by atoms with van der Waals surface area (Å²) in [5.74, 6) is -0.889. The van der Waals surface area contributed by atoms with Crippen LogP contribution in [0.5, 0.6) is 0 Å². The minimum absolute atomic E-state index is 0.286. The van der Waals surface area contributed by atoms with Crippen LogP contribution in [0.1, 0.15) is 19.8 Å². The first-order valence-corrected chi connectivity index (χ1v) is 4.97. The molecule has 0 radical (unpaired) electrons. The zero-order chi connectivity index (χ0) is 11.6. The van der Waals surface area contributed by atoms with Crippen molar-refractivity contribution in [3.8, 4) is 0 Å². The lowest BCUT2D eigenvalue weighted by molar-refractivity contribution is -0.180. The van der Waals surface area contributed by atoms with Gasteiger partial charge in [0.25, 0.3) is 0 Å². The van der Waals surface area contributed by atoms with E-state index < -0.39 is 18.0 Å². The topological polar surface area (TPSA) is 3.24 Å². The summed E-state index contributed by atoms with van der Waals surface area (Å²) >= 11 is 0. The molecule has 5 heteroatoms. The third kappa shape index (κ3) is 3.19. The predicted octanol–water partition coefficient (Wildman–Crippen LogP) is 3.13. The highest BCUT2D eigenvalue weighted by Gasteiger charge is 2.46. The van der Waals surface area contributed by atoms with Gasteiger partial charge in [-0.15, -0.1) is 0 Å². The molecule has 1 heterocycles. The van der Waals surface area contributed by atoms with Crippen molar-refractivity contribution in [1.82, 2.24) is 4.90 Å². The Morgan fingerprint density at radius 3 is 2.13 bits per heavy atom. The molecule has 0 saturated carbocycles. The molecule has 1 aliphatic rings. The summed E-state index contributed by atoms with van der Waals surface area (Å²) < 4.78 is 50.3. The molecule has 0 spiro atoms. The molecule has 88 valence electrons. The van der Waals surface area contributed by atoms with Crippen LogP contribution >= 0.6 is 0 Å². The van der Waals surface area contributed by atoms with Gasteiger partial charge >= 0.3 is 6.18 Å². The highest BCUT2D eigenvalue weighted by molar-refractivity contribution is 5.02. The first kappa shape index (κ1) is 12.5. The fraction of sp³-hybridized carbons (Fsp3) is 0.800. The minimum atomic E-state index is -4.56. The van der Waals surface area contributed by atoms with E-state index in [0.29, 0.717) is 18.8 Å². The van der Waals surface area contributed by atoms with Crippen LogP contribution < -0.4 is 0 Å². The number of piperidine rings is 1. The maximum absolute atomic E-state index is 12.8. The number of likely N-dealkylation sites (tertiary alicyclic amines) is 1. The number of halogens is 4. The van der Waals surface area contributed by atoms with Crippen molar-refractivity contribution in [3.63, 3.8) is 0 Å². The fourth-order valence-corrected chi connectivity index (χ4v) is 1.87. The lowest BCUT2D eigenvalue weighted by Gasteiger charge is -2.36. The Morgan fingerprint density at radius 1 is 1.33 bits per heavy atom. The molecule has 1 rings (SSSR count). The normalized spacial score (nSPS) is 22.7. The lowest BCUT2D eigenvalue weighted by atomic mass is 9.97. The number of hydrogen-bond donors (Lipinski definition) is 0. The lowest BCUT2D eigenvalue weighted by Crippen LogP contribution is -2.49. The second kappa shape index (κ2) is 4.51. The summed E-state index contributed by atoms with van der Waals surface area (Å²) in [6, 6.07) is -2.12. The highest BCUT2D eigenvalue weighted by atomic mass is 19.4. The van der Waals surface area contributed by atoms with Crippen molar-refractivity contribution >= 4 is 0 Å².